The normalized spacial score (nSPS) is 15.6. The van der Waals surface area contributed by atoms with Gasteiger partial charge in [0.25, 0.3) is 0 Å². The Morgan fingerprint density at radius 3 is 1.96 bits per heavy atom. The van der Waals surface area contributed by atoms with Crippen molar-refractivity contribution in [2.75, 3.05) is 13.7 Å². The van der Waals surface area contributed by atoms with E-state index in [1.807, 2.05) is 0 Å². The molecule has 0 bridgehead atoms. The Bertz CT molecular complexity index is 903. The molecular formula is C39H79NO4Si3. The third kappa shape index (κ3) is 19.7. The highest BCUT2D eigenvalue weighted by Gasteiger charge is 2.42. The fraction of sp³-hybridized carbons (Fsp3) is 0.846. The second-order valence-electron chi connectivity index (χ2n) is 16.0. The minimum atomic E-state index is -1.99. The summed E-state index contributed by atoms with van der Waals surface area (Å²) in [6.07, 6.45) is 22.9. The summed E-state index contributed by atoms with van der Waals surface area (Å²) in [4.78, 5) is 25.1. The summed E-state index contributed by atoms with van der Waals surface area (Å²) in [5.41, 5.74) is 1.09. The van der Waals surface area contributed by atoms with E-state index in [9.17, 15) is 9.59 Å². The lowest BCUT2D eigenvalue weighted by Crippen LogP contribution is -2.46. The Morgan fingerprint density at radius 1 is 0.745 bits per heavy atom. The number of rotatable bonds is 28. The van der Waals surface area contributed by atoms with Crippen LogP contribution in [0.25, 0.3) is 0 Å². The minimum absolute atomic E-state index is 0.113. The molecule has 276 valence electrons. The highest BCUT2D eigenvalue weighted by atomic mass is 28.4. The van der Waals surface area contributed by atoms with Gasteiger partial charge in [-0.2, -0.15) is 0 Å². The largest absolute Gasteiger partial charge is 0.469 e. The van der Waals surface area contributed by atoms with E-state index < -0.39 is 24.5 Å². The lowest BCUT2D eigenvalue weighted by molar-refractivity contribution is -0.140. The first kappa shape index (κ1) is 46.0. The smallest absolute Gasteiger partial charge is 0.305 e. The molecule has 0 rings (SSSR count). The fourth-order valence-corrected chi connectivity index (χ4v) is 16.9. The van der Waals surface area contributed by atoms with Crippen molar-refractivity contribution in [2.45, 2.75) is 193 Å². The molecule has 0 radical (unpaired) electrons. The van der Waals surface area contributed by atoms with E-state index >= 15 is 0 Å². The first-order valence-electron chi connectivity index (χ1n) is 19.5. The van der Waals surface area contributed by atoms with E-state index in [1.54, 1.807) is 0 Å². The zero-order valence-corrected chi connectivity index (χ0v) is 36.3. The first-order chi connectivity index (χ1) is 22.1. The predicted molar refractivity (Wildman–Crippen MR) is 214 cm³/mol. The lowest BCUT2D eigenvalue weighted by atomic mass is 9.91. The van der Waals surface area contributed by atoms with Gasteiger partial charge in [-0.05, 0) is 68.2 Å². The van der Waals surface area contributed by atoms with E-state index in [0.717, 1.165) is 38.1 Å². The number of carbonyl (C=O) groups excluding carboxylic acids is 2. The quantitative estimate of drug-likeness (QED) is 0.0380. The maximum absolute atomic E-state index is 13.4. The maximum Gasteiger partial charge on any atom is 0.305 e. The third-order valence-electron chi connectivity index (χ3n) is 10.1. The van der Waals surface area contributed by atoms with Crippen LogP contribution in [0.4, 0.5) is 0 Å². The molecule has 0 aromatic carbocycles. The van der Waals surface area contributed by atoms with Crippen LogP contribution >= 0.6 is 0 Å². The number of unbranched alkanes of at least 4 members (excludes halogenated alkanes) is 3. The summed E-state index contributed by atoms with van der Waals surface area (Å²) >= 11 is 0. The molecule has 0 aliphatic carbocycles. The minimum Gasteiger partial charge on any atom is -0.469 e. The zero-order chi connectivity index (χ0) is 35.9. The SMILES string of the molecule is CCCCC[C@@H](/C=C/[C@H]([C@H](C/C=C\CCCC(=O)OC)[C@@H](CC(=O)NCCC)O[Si](C)(C)CCC)[Si](C)(C)CCC)[Si](C)(C)CCC. The van der Waals surface area contributed by atoms with E-state index in [1.165, 1.54) is 57.7 Å². The second-order valence-corrected chi connectivity index (χ2v) is 30.7. The molecule has 1 amide bonds. The number of nitrogens with one attached hydrogen (secondary N) is 1. The van der Waals surface area contributed by atoms with Crippen molar-refractivity contribution in [1.29, 1.82) is 0 Å². The molecule has 0 aliphatic rings. The van der Waals surface area contributed by atoms with Gasteiger partial charge in [0.05, 0.1) is 35.8 Å². The van der Waals surface area contributed by atoms with Gasteiger partial charge in [0.1, 0.15) is 0 Å². The Kier molecular flexibility index (Phi) is 24.5. The Balaban J connectivity index is 7.02. The van der Waals surface area contributed by atoms with Gasteiger partial charge in [-0.1, -0.05) is 136 Å². The van der Waals surface area contributed by atoms with Crippen molar-refractivity contribution < 1.29 is 18.8 Å². The van der Waals surface area contributed by atoms with Gasteiger partial charge in [-0.3, -0.25) is 9.59 Å². The van der Waals surface area contributed by atoms with Crippen LogP contribution < -0.4 is 5.32 Å². The summed E-state index contributed by atoms with van der Waals surface area (Å²) in [5.74, 6) is 0.211. The Hall–Kier alpha value is -0.969. The molecule has 5 nitrogen and oxygen atoms in total. The van der Waals surface area contributed by atoms with E-state index in [0.29, 0.717) is 30.5 Å². The van der Waals surface area contributed by atoms with E-state index in [-0.39, 0.29) is 23.9 Å². The third-order valence-corrected chi connectivity index (χ3v) is 21.3. The number of amides is 1. The highest BCUT2D eigenvalue weighted by Crippen LogP contribution is 2.43. The maximum atomic E-state index is 13.4. The number of ether oxygens (including phenoxy) is 1. The van der Waals surface area contributed by atoms with Crippen molar-refractivity contribution in [3.63, 3.8) is 0 Å². The fourth-order valence-electron chi connectivity index (χ4n) is 7.48. The molecule has 1 N–H and O–H groups in total. The van der Waals surface area contributed by atoms with Gasteiger partial charge in [0.2, 0.25) is 5.91 Å². The molecule has 0 fully saturated rings. The molecule has 0 aliphatic heterocycles. The standard InChI is InChI=1S/C39H79NO4Si3/c1-13-18-21-24-34(45(7,8)30-15-3)27-28-37(46(9,10)31-16-4)35(25-22-19-20-23-26-39(42)43-6)36(33-38(41)40-29-14-2)44-47(11,12)32-17-5/h19,22,27-28,34-37H,13-18,20-21,23-26,29-33H2,1-12H3,(H,40,41)/b22-19-,28-27+/t34-,35+,36+,37+/m0/s1. The van der Waals surface area contributed by atoms with Crippen molar-refractivity contribution in [3.05, 3.63) is 24.3 Å². The molecular weight excluding hydrogens is 631 g/mol. The molecule has 0 saturated heterocycles. The number of esters is 1. The van der Waals surface area contributed by atoms with Gasteiger partial charge in [0, 0.05) is 13.0 Å². The number of carbonyl (C=O) groups is 2. The van der Waals surface area contributed by atoms with Gasteiger partial charge in [-0.25, -0.2) is 0 Å². The summed E-state index contributed by atoms with van der Waals surface area (Å²) in [7, 11) is -3.75. The van der Waals surface area contributed by atoms with Gasteiger partial charge < -0.3 is 14.5 Å². The molecule has 8 heteroatoms. The van der Waals surface area contributed by atoms with E-state index in [4.69, 9.17) is 9.16 Å². The van der Waals surface area contributed by atoms with Crippen LogP contribution in [0.2, 0.25) is 68.5 Å². The average Bonchev–Trinajstić information content (AvgIpc) is 2.98. The molecule has 0 heterocycles. The van der Waals surface area contributed by atoms with Crippen molar-refractivity contribution in [1.82, 2.24) is 5.32 Å². The van der Waals surface area contributed by atoms with Crippen LogP contribution in [0.15, 0.2) is 24.3 Å². The van der Waals surface area contributed by atoms with Gasteiger partial charge >= 0.3 is 5.97 Å². The Morgan fingerprint density at radius 2 is 1.38 bits per heavy atom. The van der Waals surface area contributed by atoms with Crippen molar-refractivity contribution >= 4 is 36.3 Å². The molecule has 0 aromatic heterocycles. The van der Waals surface area contributed by atoms with Crippen molar-refractivity contribution in [2.24, 2.45) is 5.92 Å². The van der Waals surface area contributed by atoms with E-state index in [2.05, 4.69) is 104 Å². The number of methoxy groups -OCH3 is 1. The monoisotopic (exact) mass is 710 g/mol. The van der Waals surface area contributed by atoms with Crippen LogP contribution in [0, 0.1) is 5.92 Å². The highest BCUT2D eigenvalue weighted by molar-refractivity contribution is 6.80. The first-order valence-corrected chi connectivity index (χ1v) is 29.2. The zero-order valence-electron chi connectivity index (χ0n) is 33.3. The van der Waals surface area contributed by atoms with Crippen LogP contribution in [0.5, 0.6) is 0 Å². The molecule has 0 saturated carbocycles. The second kappa shape index (κ2) is 25.1. The summed E-state index contributed by atoms with van der Waals surface area (Å²) in [5, 5.41) is 3.18. The van der Waals surface area contributed by atoms with Crippen LogP contribution in [0.1, 0.15) is 118 Å². The molecule has 47 heavy (non-hydrogen) atoms. The van der Waals surface area contributed by atoms with Crippen LogP contribution in [-0.2, 0) is 18.8 Å². The van der Waals surface area contributed by atoms with Gasteiger partial charge in [-0.15, -0.1) is 0 Å². The molecule has 4 atom stereocenters. The number of hydrogen-bond acceptors (Lipinski definition) is 4. The topological polar surface area (TPSA) is 64.6 Å². The molecule has 0 spiro atoms. The number of allylic oxidation sites excluding steroid dienone is 4. The Labute approximate surface area is 296 Å². The van der Waals surface area contributed by atoms with Crippen LogP contribution in [-0.4, -0.2) is 56.1 Å². The predicted octanol–water partition coefficient (Wildman–Crippen LogP) is 11.9. The molecule has 0 unspecified atom stereocenters. The van der Waals surface area contributed by atoms with Gasteiger partial charge in [0.15, 0.2) is 8.32 Å². The average molecular weight is 710 g/mol. The van der Waals surface area contributed by atoms with Crippen molar-refractivity contribution in [3.8, 4) is 0 Å². The summed E-state index contributed by atoms with van der Waals surface area (Å²) in [6, 6.07) is 3.73. The van der Waals surface area contributed by atoms with Crippen LogP contribution in [0.3, 0.4) is 0 Å². The number of hydrogen-bond donors (Lipinski definition) is 1. The lowest BCUT2D eigenvalue weighted by Gasteiger charge is -2.43. The summed E-state index contributed by atoms with van der Waals surface area (Å²) < 4.78 is 12.1. The molecule has 0 aromatic rings. The summed E-state index contributed by atoms with van der Waals surface area (Å²) in [6.45, 7) is 27.1.